The predicted octanol–water partition coefficient (Wildman–Crippen LogP) is 4.31. The number of carbonyl (C=O) groups excluding carboxylic acids is 1. The van der Waals surface area contributed by atoms with Crippen LogP contribution in [0, 0.1) is 24.2 Å². The molecule has 1 saturated carbocycles. The standard InChI is InChI=1S/C19H24O3/c1-4-8-15(21-3)13-16(18-11-7-12-22-18)19-14(5-2)9-6-10-17(19)20/h1,7,11-14,16,19H,5-6,8-10H2,2-3H3/b15-13-/t14-,16-,19-/m0/s1. The monoisotopic (exact) mass is 300 g/mol. The molecule has 0 N–H and O–H groups in total. The van der Waals surface area contributed by atoms with E-state index in [4.69, 9.17) is 15.6 Å². The van der Waals surface area contributed by atoms with Gasteiger partial charge in [0.1, 0.15) is 17.3 Å². The summed E-state index contributed by atoms with van der Waals surface area (Å²) in [6.45, 7) is 2.15. The number of hydrogen-bond donors (Lipinski definition) is 0. The lowest BCUT2D eigenvalue weighted by molar-refractivity contribution is -0.127. The maximum atomic E-state index is 12.6. The van der Waals surface area contributed by atoms with Gasteiger partial charge in [0.2, 0.25) is 0 Å². The van der Waals surface area contributed by atoms with E-state index in [1.807, 2.05) is 18.2 Å². The molecule has 22 heavy (non-hydrogen) atoms. The number of furan rings is 1. The van der Waals surface area contributed by atoms with Crippen molar-refractivity contribution in [2.24, 2.45) is 11.8 Å². The summed E-state index contributed by atoms with van der Waals surface area (Å²) in [5, 5.41) is 0. The molecule has 0 amide bonds. The Morgan fingerprint density at radius 3 is 3.05 bits per heavy atom. The van der Waals surface area contributed by atoms with Gasteiger partial charge in [0.15, 0.2) is 0 Å². The van der Waals surface area contributed by atoms with Gasteiger partial charge in [-0.3, -0.25) is 4.79 Å². The quantitative estimate of drug-likeness (QED) is 0.580. The molecular formula is C19H24O3. The van der Waals surface area contributed by atoms with E-state index in [9.17, 15) is 4.79 Å². The van der Waals surface area contributed by atoms with Crippen molar-refractivity contribution in [1.82, 2.24) is 0 Å². The molecule has 1 aromatic heterocycles. The van der Waals surface area contributed by atoms with Crippen LogP contribution in [0.15, 0.2) is 34.6 Å². The van der Waals surface area contributed by atoms with E-state index in [-0.39, 0.29) is 11.8 Å². The van der Waals surface area contributed by atoms with E-state index in [2.05, 4.69) is 12.8 Å². The zero-order valence-corrected chi connectivity index (χ0v) is 13.4. The Morgan fingerprint density at radius 1 is 1.64 bits per heavy atom. The van der Waals surface area contributed by atoms with Crippen LogP contribution in [0.5, 0.6) is 0 Å². The number of ether oxygens (including phenoxy) is 1. The van der Waals surface area contributed by atoms with Crippen molar-refractivity contribution < 1.29 is 13.9 Å². The maximum absolute atomic E-state index is 12.6. The first-order chi connectivity index (χ1) is 10.7. The smallest absolute Gasteiger partial charge is 0.137 e. The number of Topliss-reactive ketones (excluding diaryl/α,β-unsaturated/α-hetero) is 1. The van der Waals surface area contributed by atoms with Gasteiger partial charge in [-0.2, -0.15) is 0 Å². The van der Waals surface area contributed by atoms with Crippen molar-refractivity contribution in [1.29, 1.82) is 0 Å². The highest BCUT2D eigenvalue weighted by Gasteiger charge is 2.38. The lowest BCUT2D eigenvalue weighted by Gasteiger charge is -2.33. The normalized spacial score (nSPS) is 23.9. The first-order valence-electron chi connectivity index (χ1n) is 7.95. The molecule has 0 bridgehead atoms. The minimum absolute atomic E-state index is 0.0483. The van der Waals surface area contributed by atoms with Crippen LogP contribution in [0.2, 0.25) is 0 Å². The molecule has 1 aliphatic carbocycles. The summed E-state index contributed by atoms with van der Waals surface area (Å²) >= 11 is 0. The Bertz CT molecular complexity index is 548. The highest BCUT2D eigenvalue weighted by atomic mass is 16.5. The number of rotatable bonds is 6. The van der Waals surface area contributed by atoms with Crippen molar-refractivity contribution in [2.45, 2.75) is 44.9 Å². The number of carbonyl (C=O) groups is 1. The van der Waals surface area contributed by atoms with Crippen molar-refractivity contribution in [3.63, 3.8) is 0 Å². The molecular weight excluding hydrogens is 276 g/mol. The molecule has 1 aliphatic rings. The van der Waals surface area contributed by atoms with Gasteiger partial charge in [0, 0.05) is 18.3 Å². The van der Waals surface area contributed by atoms with E-state index >= 15 is 0 Å². The van der Waals surface area contributed by atoms with E-state index in [1.165, 1.54) is 0 Å². The minimum atomic E-state index is -0.101. The third-order valence-corrected chi connectivity index (χ3v) is 4.56. The summed E-state index contributed by atoms with van der Waals surface area (Å²) in [5.74, 6) is 4.69. The van der Waals surface area contributed by atoms with E-state index in [0.29, 0.717) is 24.5 Å². The third kappa shape index (κ3) is 3.62. The summed E-state index contributed by atoms with van der Waals surface area (Å²) in [4.78, 5) is 12.6. The van der Waals surface area contributed by atoms with Crippen LogP contribution in [0.1, 0.15) is 50.7 Å². The topological polar surface area (TPSA) is 39.4 Å². The molecule has 3 nitrogen and oxygen atoms in total. The zero-order chi connectivity index (χ0) is 15.9. The minimum Gasteiger partial charge on any atom is -0.500 e. The lowest BCUT2D eigenvalue weighted by atomic mass is 9.69. The Hall–Kier alpha value is -1.95. The first-order valence-corrected chi connectivity index (χ1v) is 7.95. The Labute approximate surface area is 132 Å². The number of allylic oxidation sites excluding steroid dienone is 2. The zero-order valence-electron chi connectivity index (χ0n) is 13.4. The van der Waals surface area contributed by atoms with Gasteiger partial charge in [-0.15, -0.1) is 6.42 Å². The second kappa shape index (κ2) is 7.89. The van der Waals surface area contributed by atoms with Gasteiger partial charge in [0.05, 0.1) is 19.8 Å². The van der Waals surface area contributed by atoms with E-state index in [1.54, 1.807) is 13.4 Å². The Kier molecular flexibility index (Phi) is 5.89. The van der Waals surface area contributed by atoms with Gasteiger partial charge in [-0.05, 0) is 37.0 Å². The lowest BCUT2D eigenvalue weighted by Crippen LogP contribution is -2.32. The van der Waals surface area contributed by atoms with Crippen LogP contribution < -0.4 is 0 Å². The molecule has 0 spiro atoms. The van der Waals surface area contributed by atoms with Crippen molar-refractivity contribution in [3.05, 3.63) is 36.0 Å². The van der Waals surface area contributed by atoms with Gasteiger partial charge in [-0.1, -0.05) is 19.3 Å². The molecule has 1 aromatic rings. The van der Waals surface area contributed by atoms with Crippen molar-refractivity contribution in [3.8, 4) is 12.3 Å². The summed E-state index contributed by atoms with van der Waals surface area (Å²) in [5.41, 5.74) is 0. The molecule has 1 heterocycles. The highest BCUT2D eigenvalue weighted by Crippen LogP contribution is 2.41. The molecule has 0 saturated heterocycles. The second-order valence-corrected chi connectivity index (χ2v) is 5.81. The van der Waals surface area contributed by atoms with E-state index < -0.39 is 0 Å². The number of hydrogen-bond acceptors (Lipinski definition) is 3. The number of methoxy groups -OCH3 is 1. The van der Waals surface area contributed by atoms with Crippen molar-refractivity contribution in [2.75, 3.05) is 7.11 Å². The van der Waals surface area contributed by atoms with Crippen LogP contribution >= 0.6 is 0 Å². The van der Waals surface area contributed by atoms with E-state index in [0.717, 1.165) is 30.8 Å². The molecule has 3 heteroatoms. The first kappa shape index (κ1) is 16.4. The third-order valence-electron chi connectivity index (χ3n) is 4.56. The SMILES string of the molecule is C#CC/C(=C/[C@@H](c1ccco1)[C@H]1C(=O)CCC[C@@H]1CC)OC. The van der Waals surface area contributed by atoms with Gasteiger partial charge in [-0.25, -0.2) is 0 Å². The molecule has 1 fully saturated rings. The highest BCUT2D eigenvalue weighted by molar-refractivity contribution is 5.83. The number of ketones is 1. The molecule has 0 unspecified atom stereocenters. The fraction of sp³-hybridized carbons (Fsp3) is 0.526. The average molecular weight is 300 g/mol. The Morgan fingerprint density at radius 2 is 2.45 bits per heavy atom. The van der Waals surface area contributed by atoms with Crippen LogP contribution in [-0.2, 0) is 9.53 Å². The number of terminal acetylenes is 1. The molecule has 0 aliphatic heterocycles. The van der Waals surface area contributed by atoms with Gasteiger partial charge >= 0.3 is 0 Å². The maximum Gasteiger partial charge on any atom is 0.137 e. The largest absolute Gasteiger partial charge is 0.500 e. The summed E-state index contributed by atoms with van der Waals surface area (Å²) < 4.78 is 11.0. The molecule has 0 radical (unpaired) electrons. The summed E-state index contributed by atoms with van der Waals surface area (Å²) in [6.07, 6.45) is 13.2. The molecule has 118 valence electrons. The van der Waals surface area contributed by atoms with Crippen LogP contribution in [0.4, 0.5) is 0 Å². The molecule has 2 rings (SSSR count). The summed E-state index contributed by atoms with van der Waals surface area (Å²) in [6, 6.07) is 3.79. The molecule has 0 aromatic carbocycles. The summed E-state index contributed by atoms with van der Waals surface area (Å²) in [7, 11) is 1.61. The van der Waals surface area contributed by atoms with Crippen molar-refractivity contribution >= 4 is 5.78 Å². The second-order valence-electron chi connectivity index (χ2n) is 5.81. The van der Waals surface area contributed by atoms with Gasteiger partial charge in [0.25, 0.3) is 0 Å². The van der Waals surface area contributed by atoms with Crippen LogP contribution in [-0.4, -0.2) is 12.9 Å². The molecule has 3 atom stereocenters. The van der Waals surface area contributed by atoms with Gasteiger partial charge < -0.3 is 9.15 Å². The predicted molar refractivity (Wildman–Crippen MR) is 86.1 cm³/mol. The van der Waals surface area contributed by atoms with Crippen LogP contribution in [0.3, 0.4) is 0 Å². The fourth-order valence-corrected chi connectivity index (χ4v) is 3.44. The van der Waals surface area contributed by atoms with Crippen LogP contribution in [0.25, 0.3) is 0 Å². The fourth-order valence-electron chi connectivity index (χ4n) is 3.44. The average Bonchev–Trinajstić information content (AvgIpc) is 3.06. The Balaban J connectivity index is 2.39.